The van der Waals surface area contributed by atoms with E-state index in [4.69, 9.17) is 10.2 Å². The number of nitrogens with zero attached hydrogens (tertiary/aromatic N) is 3. The number of furan rings is 1. The van der Waals surface area contributed by atoms with Crippen molar-refractivity contribution in [3.05, 3.63) is 47.5 Å². The zero-order valence-electron chi connectivity index (χ0n) is 12.5. The van der Waals surface area contributed by atoms with Gasteiger partial charge in [-0.25, -0.2) is 4.98 Å². The van der Waals surface area contributed by atoms with Crippen LogP contribution in [0.4, 0.5) is 5.82 Å². The van der Waals surface area contributed by atoms with Gasteiger partial charge in [-0.1, -0.05) is 6.07 Å². The van der Waals surface area contributed by atoms with Crippen molar-refractivity contribution in [1.82, 2.24) is 9.88 Å². The molecule has 21 heavy (non-hydrogen) atoms. The van der Waals surface area contributed by atoms with E-state index in [1.807, 2.05) is 25.3 Å². The first-order chi connectivity index (χ1) is 10.3. The number of hydrogen-bond acceptors (Lipinski definition) is 5. The molecule has 5 nitrogen and oxygen atoms in total. The largest absolute Gasteiger partial charge is 0.465 e. The van der Waals surface area contributed by atoms with E-state index in [0.29, 0.717) is 6.54 Å². The highest BCUT2D eigenvalue weighted by atomic mass is 16.3. The summed E-state index contributed by atoms with van der Waals surface area (Å²) in [6.45, 7) is 7.52. The predicted molar refractivity (Wildman–Crippen MR) is 83.1 cm³/mol. The highest BCUT2D eigenvalue weighted by molar-refractivity contribution is 5.38. The van der Waals surface area contributed by atoms with Crippen LogP contribution >= 0.6 is 0 Å². The molecule has 0 saturated carbocycles. The van der Waals surface area contributed by atoms with E-state index >= 15 is 0 Å². The fourth-order valence-electron chi connectivity index (χ4n) is 2.76. The molecule has 1 saturated heterocycles. The first-order valence-electron chi connectivity index (χ1n) is 7.43. The molecule has 5 heteroatoms. The maximum atomic E-state index is 5.63. The quantitative estimate of drug-likeness (QED) is 0.928. The van der Waals surface area contributed by atoms with E-state index in [2.05, 4.69) is 26.9 Å². The molecule has 112 valence electrons. The topological polar surface area (TPSA) is 58.5 Å². The van der Waals surface area contributed by atoms with Gasteiger partial charge in [-0.2, -0.15) is 0 Å². The number of rotatable bonds is 4. The smallest absolute Gasteiger partial charge is 0.128 e. The molecule has 0 unspecified atom stereocenters. The summed E-state index contributed by atoms with van der Waals surface area (Å²) < 4.78 is 5.62. The van der Waals surface area contributed by atoms with Crippen molar-refractivity contribution in [3.8, 4) is 0 Å². The summed E-state index contributed by atoms with van der Waals surface area (Å²) in [4.78, 5) is 9.21. The molecule has 3 rings (SSSR count). The Bertz CT molecular complexity index is 573. The summed E-state index contributed by atoms with van der Waals surface area (Å²) in [5, 5.41) is 0. The third kappa shape index (κ3) is 3.25. The summed E-state index contributed by atoms with van der Waals surface area (Å²) in [7, 11) is 0. The molecule has 0 atom stereocenters. The predicted octanol–water partition coefficient (Wildman–Crippen LogP) is 1.76. The molecule has 1 aliphatic rings. The van der Waals surface area contributed by atoms with Crippen molar-refractivity contribution in [2.75, 3.05) is 31.1 Å². The number of aromatic nitrogens is 1. The van der Waals surface area contributed by atoms with Gasteiger partial charge in [0, 0.05) is 44.5 Å². The SMILES string of the molecule is Cc1oc(CN)cc1CN1CCN(c2ccccn2)CC1. The van der Waals surface area contributed by atoms with E-state index in [-0.39, 0.29) is 0 Å². The van der Waals surface area contributed by atoms with Crippen LogP contribution in [0, 0.1) is 6.92 Å². The summed E-state index contributed by atoms with van der Waals surface area (Å²) in [5.74, 6) is 2.93. The number of piperazine rings is 1. The second kappa shape index (κ2) is 6.28. The normalized spacial score (nSPS) is 16.4. The zero-order valence-corrected chi connectivity index (χ0v) is 12.5. The van der Waals surface area contributed by atoms with Crippen LogP contribution in [0.1, 0.15) is 17.1 Å². The van der Waals surface area contributed by atoms with Crippen LogP contribution in [0.5, 0.6) is 0 Å². The van der Waals surface area contributed by atoms with Crippen molar-refractivity contribution in [2.45, 2.75) is 20.0 Å². The molecule has 2 aromatic heterocycles. The van der Waals surface area contributed by atoms with Gasteiger partial charge < -0.3 is 15.1 Å². The Hall–Kier alpha value is -1.85. The molecular weight excluding hydrogens is 264 g/mol. The van der Waals surface area contributed by atoms with Gasteiger partial charge in [-0.15, -0.1) is 0 Å². The number of pyridine rings is 1. The number of aryl methyl sites for hydroxylation is 1. The molecule has 0 aliphatic carbocycles. The molecule has 1 fully saturated rings. The maximum Gasteiger partial charge on any atom is 0.128 e. The molecule has 3 heterocycles. The number of anilines is 1. The molecule has 1 aliphatic heterocycles. The first kappa shape index (κ1) is 14.1. The minimum absolute atomic E-state index is 0.467. The maximum absolute atomic E-state index is 5.63. The van der Waals surface area contributed by atoms with Crippen molar-refractivity contribution in [1.29, 1.82) is 0 Å². The molecule has 0 radical (unpaired) electrons. The lowest BCUT2D eigenvalue weighted by atomic mass is 10.2. The van der Waals surface area contributed by atoms with Crippen LogP contribution in [0.2, 0.25) is 0 Å². The van der Waals surface area contributed by atoms with Crippen molar-refractivity contribution < 1.29 is 4.42 Å². The molecule has 0 bridgehead atoms. The van der Waals surface area contributed by atoms with Gasteiger partial charge in [0.1, 0.15) is 17.3 Å². The van der Waals surface area contributed by atoms with Gasteiger partial charge in [0.25, 0.3) is 0 Å². The minimum atomic E-state index is 0.467. The monoisotopic (exact) mass is 286 g/mol. The van der Waals surface area contributed by atoms with E-state index < -0.39 is 0 Å². The Morgan fingerprint density at radius 1 is 1.24 bits per heavy atom. The molecular formula is C16H22N4O. The van der Waals surface area contributed by atoms with Gasteiger partial charge in [0.15, 0.2) is 0 Å². The van der Waals surface area contributed by atoms with Crippen LogP contribution in [-0.4, -0.2) is 36.1 Å². The second-order valence-corrected chi connectivity index (χ2v) is 5.45. The molecule has 0 aromatic carbocycles. The Morgan fingerprint density at radius 2 is 2.05 bits per heavy atom. The zero-order chi connectivity index (χ0) is 14.7. The van der Waals surface area contributed by atoms with E-state index in [1.165, 1.54) is 5.56 Å². The fraction of sp³-hybridized carbons (Fsp3) is 0.438. The summed E-state index contributed by atoms with van der Waals surface area (Å²) in [5.41, 5.74) is 6.88. The van der Waals surface area contributed by atoms with Gasteiger partial charge >= 0.3 is 0 Å². The lowest BCUT2D eigenvalue weighted by Gasteiger charge is -2.35. The van der Waals surface area contributed by atoms with Crippen LogP contribution in [-0.2, 0) is 13.1 Å². The molecule has 2 aromatic rings. The van der Waals surface area contributed by atoms with Gasteiger partial charge in [0.05, 0.1) is 6.54 Å². The first-order valence-corrected chi connectivity index (χ1v) is 7.43. The lowest BCUT2D eigenvalue weighted by molar-refractivity contribution is 0.248. The van der Waals surface area contributed by atoms with E-state index in [9.17, 15) is 0 Å². The number of hydrogen-bond donors (Lipinski definition) is 1. The van der Waals surface area contributed by atoms with Gasteiger partial charge in [0.2, 0.25) is 0 Å². The van der Waals surface area contributed by atoms with Gasteiger partial charge in [-0.3, -0.25) is 4.90 Å². The van der Waals surface area contributed by atoms with Crippen molar-refractivity contribution in [3.63, 3.8) is 0 Å². The third-order valence-corrected chi connectivity index (χ3v) is 4.01. The van der Waals surface area contributed by atoms with Crippen LogP contribution < -0.4 is 10.6 Å². The third-order valence-electron chi connectivity index (χ3n) is 4.01. The highest BCUT2D eigenvalue weighted by Crippen LogP contribution is 2.18. The minimum Gasteiger partial charge on any atom is -0.465 e. The highest BCUT2D eigenvalue weighted by Gasteiger charge is 2.19. The molecule has 0 spiro atoms. The van der Waals surface area contributed by atoms with Crippen LogP contribution in [0.15, 0.2) is 34.9 Å². The van der Waals surface area contributed by atoms with E-state index in [0.717, 1.165) is 50.1 Å². The lowest BCUT2D eigenvalue weighted by Crippen LogP contribution is -2.46. The Labute approximate surface area is 125 Å². The van der Waals surface area contributed by atoms with Gasteiger partial charge in [-0.05, 0) is 25.1 Å². The Balaban J connectivity index is 1.57. The summed E-state index contributed by atoms with van der Waals surface area (Å²) in [6, 6.07) is 8.15. The average molecular weight is 286 g/mol. The van der Waals surface area contributed by atoms with Crippen molar-refractivity contribution in [2.24, 2.45) is 5.73 Å². The Kier molecular flexibility index (Phi) is 4.22. The van der Waals surface area contributed by atoms with Crippen LogP contribution in [0.25, 0.3) is 0 Å². The van der Waals surface area contributed by atoms with Crippen LogP contribution in [0.3, 0.4) is 0 Å². The Morgan fingerprint density at radius 3 is 2.67 bits per heavy atom. The summed E-state index contributed by atoms with van der Waals surface area (Å²) in [6.07, 6.45) is 1.85. The second-order valence-electron chi connectivity index (χ2n) is 5.45. The molecule has 2 N–H and O–H groups in total. The summed E-state index contributed by atoms with van der Waals surface area (Å²) >= 11 is 0. The average Bonchev–Trinajstić information content (AvgIpc) is 2.89. The molecule has 0 amide bonds. The van der Waals surface area contributed by atoms with Crippen molar-refractivity contribution >= 4 is 5.82 Å². The van der Waals surface area contributed by atoms with E-state index in [1.54, 1.807) is 0 Å². The number of nitrogens with two attached hydrogens (primary N) is 1. The fourth-order valence-corrected chi connectivity index (χ4v) is 2.76. The standard InChI is InChI=1S/C16H22N4O/c1-13-14(10-15(11-17)21-13)12-19-6-8-20(9-7-19)16-4-2-3-5-18-16/h2-5,10H,6-9,11-12,17H2,1H3.